The highest BCUT2D eigenvalue weighted by Gasteiger charge is 2.23. The number of nitrogens with zero attached hydrogens (tertiary/aromatic N) is 2. The lowest BCUT2D eigenvalue weighted by Gasteiger charge is -2.21. The van der Waals surface area contributed by atoms with E-state index in [9.17, 15) is 14.9 Å². The smallest absolute Gasteiger partial charge is 0.272 e. The molecule has 0 bridgehead atoms. The Kier molecular flexibility index (Phi) is 5.87. The van der Waals surface area contributed by atoms with E-state index in [1.165, 1.54) is 25.0 Å². The van der Waals surface area contributed by atoms with Gasteiger partial charge in [-0.3, -0.25) is 25.8 Å². The third kappa shape index (κ3) is 4.40. The monoisotopic (exact) mass is 377 g/mol. The third-order valence-electron chi connectivity index (χ3n) is 4.86. The number of rotatable bonds is 4. The lowest BCUT2D eigenvalue weighted by molar-refractivity contribution is -0.384. The summed E-state index contributed by atoms with van der Waals surface area (Å²) in [6, 6.07) is 4.74. The zero-order chi connectivity index (χ0) is 18.5. The van der Waals surface area contributed by atoms with Gasteiger partial charge >= 0.3 is 0 Å². The van der Waals surface area contributed by atoms with Crippen molar-refractivity contribution in [2.24, 2.45) is 0 Å². The fourth-order valence-electron chi connectivity index (χ4n) is 3.53. The van der Waals surface area contributed by atoms with Gasteiger partial charge in [-0.15, -0.1) is 0 Å². The van der Waals surface area contributed by atoms with Gasteiger partial charge in [-0.2, -0.15) is 0 Å². The van der Waals surface area contributed by atoms with Gasteiger partial charge < -0.3 is 10.2 Å². The highest BCUT2D eigenvalue weighted by atomic mass is 32.1. The number of hydrogen-bond donors (Lipinski definition) is 3. The fourth-order valence-corrected chi connectivity index (χ4v) is 3.74. The molecule has 1 amide bonds. The average molecular weight is 377 g/mol. The summed E-state index contributed by atoms with van der Waals surface area (Å²) in [5.74, 6) is -0.439. The Morgan fingerprint density at radius 2 is 1.85 bits per heavy atom. The molecule has 0 atom stereocenters. The highest BCUT2D eigenvalue weighted by molar-refractivity contribution is 7.80. The molecule has 3 N–H and O–H groups in total. The number of amides is 1. The van der Waals surface area contributed by atoms with E-state index < -0.39 is 10.8 Å². The van der Waals surface area contributed by atoms with E-state index in [-0.39, 0.29) is 11.3 Å². The SMILES string of the molecule is O=C(NNC(=S)NC1CCCC1)c1cc([N+](=O)[O-])ccc1N1CCCC1. The number of benzene rings is 1. The molecule has 2 aliphatic rings. The first-order valence-electron chi connectivity index (χ1n) is 8.95. The number of nitro groups is 1. The van der Waals surface area contributed by atoms with Crippen molar-refractivity contribution in [3.63, 3.8) is 0 Å². The van der Waals surface area contributed by atoms with Crippen LogP contribution in [0.4, 0.5) is 11.4 Å². The largest absolute Gasteiger partial charge is 0.371 e. The van der Waals surface area contributed by atoms with Gasteiger partial charge in [0.25, 0.3) is 11.6 Å². The van der Waals surface area contributed by atoms with Crippen molar-refractivity contribution in [3.8, 4) is 0 Å². The second kappa shape index (κ2) is 8.31. The highest BCUT2D eigenvalue weighted by Crippen LogP contribution is 2.28. The molecule has 2 fully saturated rings. The minimum atomic E-state index is -0.496. The normalized spacial score (nSPS) is 17.2. The molecule has 0 unspecified atom stereocenters. The van der Waals surface area contributed by atoms with Crippen LogP contribution in [-0.2, 0) is 0 Å². The van der Waals surface area contributed by atoms with E-state index in [2.05, 4.69) is 21.1 Å². The molecule has 1 aromatic rings. The van der Waals surface area contributed by atoms with E-state index in [0.29, 0.717) is 16.8 Å². The zero-order valence-electron chi connectivity index (χ0n) is 14.5. The molecule has 140 valence electrons. The second-order valence-corrected chi connectivity index (χ2v) is 7.09. The number of anilines is 1. The molecule has 0 aromatic heterocycles. The Labute approximate surface area is 157 Å². The molecule has 1 aliphatic carbocycles. The van der Waals surface area contributed by atoms with E-state index in [1.807, 2.05) is 0 Å². The van der Waals surface area contributed by atoms with Crippen LogP contribution in [0.25, 0.3) is 0 Å². The number of nitro benzene ring substituents is 1. The number of carbonyl (C=O) groups is 1. The summed E-state index contributed by atoms with van der Waals surface area (Å²) >= 11 is 5.21. The van der Waals surface area contributed by atoms with Gasteiger partial charge in [0, 0.05) is 31.3 Å². The number of nitrogens with one attached hydrogen (secondary N) is 3. The van der Waals surface area contributed by atoms with E-state index in [4.69, 9.17) is 12.2 Å². The van der Waals surface area contributed by atoms with Crippen LogP contribution < -0.4 is 21.1 Å². The fraction of sp³-hybridized carbons (Fsp3) is 0.529. The molecule has 1 aliphatic heterocycles. The predicted molar refractivity (Wildman–Crippen MR) is 103 cm³/mol. The molecule has 1 saturated heterocycles. The third-order valence-corrected chi connectivity index (χ3v) is 5.08. The van der Waals surface area contributed by atoms with E-state index in [0.717, 1.165) is 38.8 Å². The van der Waals surface area contributed by atoms with Crippen molar-refractivity contribution in [3.05, 3.63) is 33.9 Å². The van der Waals surface area contributed by atoms with Crippen molar-refractivity contribution >= 4 is 34.6 Å². The Morgan fingerprint density at radius 3 is 2.50 bits per heavy atom. The Hall–Kier alpha value is -2.42. The molecule has 0 radical (unpaired) electrons. The molecule has 0 spiro atoms. The summed E-state index contributed by atoms with van der Waals surface area (Å²) in [4.78, 5) is 25.3. The molecular weight excluding hydrogens is 354 g/mol. The summed E-state index contributed by atoms with van der Waals surface area (Å²) in [5, 5.41) is 14.6. The minimum Gasteiger partial charge on any atom is -0.371 e. The quantitative estimate of drug-likeness (QED) is 0.420. The number of thiocarbonyl (C=S) groups is 1. The van der Waals surface area contributed by atoms with Crippen LogP contribution in [0, 0.1) is 10.1 Å². The molecule has 1 heterocycles. The van der Waals surface area contributed by atoms with Crippen molar-refractivity contribution in [1.82, 2.24) is 16.2 Å². The molecule has 1 saturated carbocycles. The summed E-state index contributed by atoms with van der Waals surface area (Å²) < 4.78 is 0. The van der Waals surface area contributed by atoms with Crippen LogP contribution in [0.2, 0.25) is 0 Å². The van der Waals surface area contributed by atoms with Crippen LogP contribution in [0.1, 0.15) is 48.9 Å². The Morgan fingerprint density at radius 1 is 1.15 bits per heavy atom. The minimum absolute atomic E-state index is 0.107. The standard InChI is InChI=1S/C17H23N5O3S/c23-16(19-20-17(26)18-12-5-1-2-6-12)14-11-13(22(24)25)7-8-15(14)21-9-3-4-10-21/h7-8,11-12H,1-6,9-10H2,(H,19,23)(H2,18,20,26). The maximum Gasteiger partial charge on any atom is 0.272 e. The molecule has 9 heteroatoms. The number of hydrazine groups is 1. The van der Waals surface area contributed by atoms with Crippen molar-refractivity contribution < 1.29 is 9.72 Å². The lowest BCUT2D eigenvalue weighted by atomic mass is 10.1. The predicted octanol–water partition coefficient (Wildman–Crippen LogP) is 2.25. The van der Waals surface area contributed by atoms with Gasteiger partial charge in [-0.25, -0.2) is 0 Å². The van der Waals surface area contributed by atoms with Crippen molar-refractivity contribution in [1.29, 1.82) is 0 Å². The lowest BCUT2D eigenvalue weighted by Crippen LogP contribution is -2.49. The van der Waals surface area contributed by atoms with Crippen molar-refractivity contribution in [2.45, 2.75) is 44.6 Å². The maximum absolute atomic E-state index is 12.6. The van der Waals surface area contributed by atoms with Gasteiger partial charge in [0.15, 0.2) is 5.11 Å². The Balaban J connectivity index is 1.68. The molecule has 1 aromatic carbocycles. The second-order valence-electron chi connectivity index (χ2n) is 6.69. The Bertz CT molecular complexity index is 700. The summed E-state index contributed by atoms with van der Waals surface area (Å²) in [6.07, 6.45) is 6.59. The van der Waals surface area contributed by atoms with Crippen molar-refractivity contribution in [2.75, 3.05) is 18.0 Å². The topological polar surface area (TPSA) is 99.5 Å². The van der Waals surface area contributed by atoms with Gasteiger partial charge in [0.2, 0.25) is 0 Å². The first-order valence-corrected chi connectivity index (χ1v) is 9.35. The molecule has 3 rings (SSSR count). The maximum atomic E-state index is 12.6. The van der Waals surface area contributed by atoms with Crippen LogP contribution in [0.5, 0.6) is 0 Å². The zero-order valence-corrected chi connectivity index (χ0v) is 15.3. The van der Waals surface area contributed by atoms with Gasteiger partial charge in [0.05, 0.1) is 16.2 Å². The van der Waals surface area contributed by atoms with Crippen LogP contribution in [0.15, 0.2) is 18.2 Å². The number of carbonyl (C=O) groups excluding carboxylic acids is 1. The first-order chi connectivity index (χ1) is 12.5. The molecular formula is C17H23N5O3S. The van der Waals surface area contributed by atoms with Gasteiger partial charge in [0.1, 0.15) is 0 Å². The van der Waals surface area contributed by atoms with E-state index >= 15 is 0 Å². The van der Waals surface area contributed by atoms with E-state index in [1.54, 1.807) is 6.07 Å². The molecule has 26 heavy (non-hydrogen) atoms. The number of non-ortho nitro benzene ring substituents is 1. The summed E-state index contributed by atoms with van der Waals surface area (Å²) in [5.41, 5.74) is 6.15. The average Bonchev–Trinajstić information content (AvgIpc) is 3.33. The van der Waals surface area contributed by atoms with Gasteiger partial charge in [-0.1, -0.05) is 12.8 Å². The summed E-state index contributed by atoms with van der Waals surface area (Å²) in [7, 11) is 0. The van der Waals surface area contributed by atoms with Gasteiger partial charge in [-0.05, 0) is 44.0 Å². The number of hydrogen-bond acceptors (Lipinski definition) is 5. The van der Waals surface area contributed by atoms with Crippen LogP contribution in [-0.4, -0.2) is 35.1 Å². The van der Waals surface area contributed by atoms with Crippen LogP contribution >= 0.6 is 12.2 Å². The first kappa shape index (κ1) is 18.4. The molecule has 8 nitrogen and oxygen atoms in total. The van der Waals surface area contributed by atoms with Crippen LogP contribution in [0.3, 0.4) is 0 Å². The summed E-state index contributed by atoms with van der Waals surface area (Å²) in [6.45, 7) is 1.68.